The largest absolute Gasteiger partial charge is 0.493 e. The minimum Gasteiger partial charge on any atom is -0.493 e. The summed E-state index contributed by atoms with van der Waals surface area (Å²) < 4.78 is 16.6. The first kappa shape index (κ1) is 15.7. The second-order valence-corrected chi connectivity index (χ2v) is 4.44. The van der Waals surface area contributed by atoms with Crippen molar-refractivity contribution in [1.82, 2.24) is 0 Å². The second kappa shape index (κ2) is 7.96. The molecule has 0 spiro atoms. The van der Waals surface area contributed by atoms with Crippen LogP contribution in [0.1, 0.15) is 11.1 Å². The molecule has 0 bridgehead atoms. The van der Waals surface area contributed by atoms with Crippen molar-refractivity contribution in [1.29, 1.82) is 0 Å². The molecule has 0 saturated heterocycles. The van der Waals surface area contributed by atoms with E-state index >= 15 is 0 Å². The summed E-state index contributed by atoms with van der Waals surface area (Å²) in [6.07, 6.45) is 0. The molecule has 0 aliphatic carbocycles. The van der Waals surface area contributed by atoms with Crippen molar-refractivity contribution in [3.05, 3.63) is 53.6 Å². The molecule has 4 heteroatoms. The number of hydrogen-bond acceptors (Lipinski definition) is 4. The zero-order valence-corrected chi connectivity index (χ0v) is 12.6. The van der Waals surface area contributed by atoms with E-state index in [1.165, 1.54) is 0 Å². The maximum atomic E-state index is 8.78. The van der Waals surface area contributed by atoms with Crippen LogP contribution >= 0.6 is 0 Å². The van der Waals surface area contributed by atoms with E-state index in [1.54, 1.807) is 26.4 Å². The molecule has 22 heavy (non-hydrogen) atoms. The molecule has 0 amide bonds. The van der Waals surface area contributed by atoms with Crippen LogP contribution in [0.3, 0.4) is 0 Å². The Morgan fingerprint density at radius 1 is 1.00 bits per heavy atom. The van der Waals surface area contributed by atoms with Gasteiger partial charge < -0.3 is 19.3 Å². The first-order valence-electron chi connectivity index (χ1n) is 6.81. The Bertz CT molecular complexity index is 643. The van der Waals surface area contributed by atoms with Crippen LogP contribution in [0.4, 0.5) is 0 Å². The quantitative estimate of drug-likeness (QED) is 0.862. The molecule has 2 aromatic carbocycles. The summed E-state index contributed by atoms with van der Waals surface area (Å²) in [6.45, 7) is 0.214. The lowest BCUT2D eigenvalue weighted by atomic mass is 10.2. The van der Waals surface area contributed by atoms with E-state index in [0.717, 1.165) is 5.56 Å². The zero-order chi connectivity index (χ0) is 15.8. The Balaban J connectivity index is 2.28. The van der Waals surface area contributed by atoms with Gasteiger partial charge in [-0.1, -0.05) is 42.2 Å². The second-order valence-electron chi connectivity index (χ2n) is 4.44. The van der Waals surface area contributed by atoms with E-state index in [-0.39, 0.29) is 6.61 Å². The van der Waals surface area contributed by atoms with Crippen LogP contribution < -0.4 is 14.2 Å². The molecule has 0 aromatic heterocycles. The van der Waals surface area contributed by atoms with Crippen LogP contribution in [0.5, 0.6) is 17.2 Å². The third kappa shape index (κ3) is 3.94. The maximum Gasteiger partial charge on any atom is 0.203 e. The lowest BCUT2D eigenvalue weighted by molar-refractivity contribution is 0.266. The van der Waals surface area contributed by atoms with E-state index in [1.807, 2.05) is 30.3 Å². The minimum absolute atomic E-state index is 0.198. The van der Waals surface area contributed by atoms with E-state index in [2.05, 4.69) is 11.8 Å². The summed E-state index contributed by atoms with van der Waals surface area (Å²) in [5.74, 6) is 7.04. The fourth-order valence-corrected chi connectivity index (χ4v) is 1.97. The summed E-state index contributed by atoms with van der Waals surface area (Å²) in [5.41, 5.74) is 1.74. The lowest BCUT2D eigenvalue weighted by Gasteiger charge is -2.15. The van der Waals surface area contributed by atoms with E-state index in [4.69, 9.17) is 19.3 Å². The average molecular weight is 298 g/mol. The summed E-state index contributed by atoms with van der Waals surface area (Å²) in [4.78, 5) is 0. The first-order valence-corrected chi connectivity index (χ1v) is 6.81. The number of benzene rings is 2. The van der Waals surface area contributed by atoms with Crippen LogP contribution in [0.25, 0.3) is 0 Å². The number of methoxy groups -OCH3 is 2. The van der Waals surface area contributed by atoms with Crippen LogP contribution in [-0.4, -0.2) is 25.9 Å². The molecule has 0 aliphatic heterocycles. The molecule has 2 rings (SSSR count). The Morgan fingerprint density at radius 3 is 2.18 bits per heavy atom. The van der Waals surface area contributed by atoms with E-state index in [0.29, 0.717) is 29.4 Å². The summed E-state index contributed by atoms with van der Waals surface area (Å²) in [6, 6.07) is 13.4. The van der Waals surface area contributed by atoms with Crippen molar-refractivity contribution in [3.63, 3.8) is 0 Å². The van der Waals surface area contributed by atoms with Crippen molar-refractivity contribution < 1.29 is 19.3 Å². The molecule has 0 aliphatic rings. The van der Waals surface area contributed by atoms with Crippen molar-refractivity contribution >= 4 is 0 Å². The fraction of sp³-hybridized carbons (Fsp3) is 0.222. The number of aliphatic hydroxyl groups excluding tert-OH is 1. The number of hydrogen-bond donors (Lipinski definition) is 1. The van der Waals surface area contributed by atoms with Crippen molar-refractivity contribution in [2.24, 2.45) is 0 Å². The van der Waals surface area contributed by atoms with Gasteiger partial charge in [-0.15, -0.1) is 0 Å². The number of rotatable bonds is 5. The Labute approximate surface area is 130 Å². The molecule has 0 heterocycles. The monoisotopic (exact) mass is 298 g/mol. The van der Waals surface area contributed by atoms with Gasteiger partial charge in [0.1, 0.15) is 13.2 Å². The normalized spacial score (nSPS) is 9.59. The lowest BCUT2D eigenvalue weighted by Crippen LogP contribution is -2.00. The first-order chi connectivity index (χ1) is 10.8. The highest BCUT2D eigenvalue weighted by atomic mass is 16.5. The van der Waals surface area contributed by atoms with Gasteiger partial charge in [0.05, 0.1) is 14.2 Å². The fourth-order valence-electron chi connectivity index (χ4n) is 1.97. The van der Waals surface area contributed by atoms with Crippen molar-refractivity contribution in [2.75, 3.05) is 20.8 Å². The van der Waals surface area contributed by atoms with Gasteiger partial charge in [0.25, 0.3) is 0 Å². The zero-order valence-electron chi connectivity index (χ0n) is 12.6. The van der Waals surface area contributed by atoms with Crippen LogP contribution in [0, 0.1) is 11.8 Å². The molecular formula is C18H18O4. The molecule has 4 nitrogen and oxygen atoms in total. The molecule has 0 unspecified atom stereocenters. The Kier molecular flexibility index (Phi) is 5.70. The van der Waals surface area contributed by atoms with Gasteiger partial charge >= 0.3 is 0 Å². The highest BCUT2D eigenvalue weighted by Gasteiger charge is 2.13. The molecule has 0 fully saturated rings. The predicted octanol–water partition coefficient (Wildman–Crippen LogP) is 2.63. The average Bonchev–Trinajstić information content (AvgIpc) is 2.58. The third-order valence-electron chi connectivity index (χ3n) is 3.00. The maximum absolute atomic E-state index is 8.78. The molecule has 1 N–H and O–H groups in total. The SMILES string of the molecule is COc1cc(C#CCO)cc(OC)c1OCc1ccccc1. The van der Waals surface area contributed by atoms with Gasteiger partial charge in [0.2, 0.25) is 5.75 Å². The van der Waals surface area contributed by atoms with Gasteiger partial charge in [-0.2, -0.15) is 0 Å². The topological polar surface area (TPSA) is 47.9 Å². The van der Waals surface area contributed by atoms with Crippen molar-refractivity contribution in [2.45, 2.75) is 6.61 Å². The van der Waals surface area contributed by atoms with Gasteiger partial charge in [0, 0.05) is 5.56 Å². The Morgan fingerprint density at radius 2 is 1.64 bits per heavy atom. The molecule has 114 valence electrons. The highest BCUT2D eigenvalue weighted by Crippen LogP contribution is 2.38. The number of ether oxygens (including phenoxy) is 3. The van der Waals surface area contributed by atoms with Gasteiger partial charge in [-0.05, 0) is 17.7 Å². The summed E-state index contributed by atoms with van der Waals surface area (Å²) >= 11 is 0. The van der Waals surface area contributed by atoms with E-state index < -0.39 is 0 Å². The van der Waals surface area contributed by atoms with Crippen LogP contribution in [0.2, 0.25) is 0 Å². The summed E-state index contributed by atoms with van der Waals surface area (Å²) in [5, 5.41) is 8.78. The summed E-state index contributed by atoms with van der Waals surface area (Å²) in [7, 11) is 3.13. The standard InChI is InChI=1S/C18H18O4/c1-20-16-11-15(9-6-10-19)12-17(21-2)18(16)22-13-14-7-4-3-5-8-14/h3-5,7-8,11-12,19H,10,13H2,1-2H3. The van der Waals surface area contributed by atoms with Gasteiger partial charge in [-0.3, -0.25) is 0 Å². The molecule has 2 aromatic rings. The van der Waals surface area contributed by atoms with E-state index in [9.17, 15) is 0 Å². The molecule has 0 radical (unpaired) electrons. The minimum atomic E-state index is -0.198. The highest BCUT2D eigenvalue weighted by molar-refractivity contribution is 5.57. The van der Waals surface area contributed by atoms with Crippen LogP contribution in [0.15, 0.2) is 42.5 Å². The Hall–Kier alpha value is -2.64. The molecule has 0 atom stereocenters. The van der Waals surface area contributed by atoms with Crippen LogP contribution in [-0.2, 0) is 6.61 Å². The van der Waals surface area contributed by atoms with Crippen molar-refractivity contribution in [3.8, 4) is 29.1 Å². The predicted molar refractivity (Wildman–Crippen MR) is 84.3 cm³/mol. The smallest absolute Gasteiger partial charge is 0.203 e. The third-order valence-corrected chi connectivity index (χ3v) is 3.00. The molecular weight excluding hydrogens is 280 g/mol. The van der Waals surface area contributed by atoms with Gasteiger partial charge in [-0.25, -0.2) is 0 Å². The molecule has 0 saturated carbocycles. The number of aliphatic hydroxyl groups is 1. The van der Waals surface area contributed by atoms with Gasteiger partial charge in [0.15, 0.2) is 11.5 Å².